The Morgan fingerprint density at radius 2 is 2.42 bits per heavy atom. The van der Waals surface area contributed by atoms with E-state index < -0.39 is 0 Å². The molecule has 0 aromatic carbocycles. The van der Waals surface area contributed by atoms with Crippen molar-refractivity contribution in [3.8, 4) is 0 Å². The molecule has 1 aromatic heterocycles. The van der Waals surface area contributed by atoms with Crippen molar-refractivity contribution in [3.63, 3.8) is 0 Å². The molecule has 0 aliphatic heterocycles. The van der Waals surface area contributed by atoms with Gasteiger partial charge in [-0.15, -0.1) is 12.4 Å². The minimum absolute atomic E-state index is 0. The van der Waals surface area contributed by atoms with E-state index in [-0.39, 0.29) is 18.3 Å². The lowest BCUT2D eigenvalue weighted by Crippen LogP contribution is -2.26. The second kappa shape index (κ2) is 4.77. The summed E-state index contributed by atoms with van der Waals surface area (Å²) in [7, 11) is 1.72. The van der Waals surface area contributed by atoms with E-state index in [1.54, 1.807) is 18.0 Å². The first kappa shape index (κ1) is 11.0. The summed E-state index contributed by atoms with van der Waals surface area (Å²) in [6, 6.07) is 1.55. The Morgan fingerprint density at radius 3 is 2.83 bits per heavy atom. The summed E-state index contributed by atoms with van der Waals surface area (Å²) in [6.45, 7) is 2.57. The summed E-state index contributed by atoms with van der Waals surface area (Å²) in [4.78, 5) is 12.8. The highest BCUT2D eigenvalue weighted by molar-refractivity contribution is 5.91. The lowest BCUT2D eigenvalue weighted by Gasteiger charge is -2.11. The highest BCUT2D eigenvalue weighted by atomic mass is 35.5. The van der Waals surface area contributed by atoms with Gasteiger partial charge < -0.3 is 9.42 Å². The highest BCUT2D eigenvalue weighted by Crippen LogP contribution is 1.98. The maximum atomic E-state index is 11.2. The molecule has 5 heteroatoms. The molecule has 0 saturated carbocycles. The topological polar surface area (TPSA) is 46.3 Å². The van der Waals surface area contributed by atoms with Gasteiger partial charge in [-0.3, -0.25) is 4.79 Å². The second-order valence-corrected chi connectivity index (χ2v) is 2.20. The maximum Gasteiger partial charge on any atom is 0.275 e. The van der Waals surface area contributed by atoms with Gasteiger partial charge in [0.05, 0.1) is 0 Å². The van der Waals surface area contributed by atoms with Crippen LogP contribution in [0.5, 0.6) is 0 Å². The number of nitrogens with zero attached hydrogens (tertiary/aromatic N) is 2. The molecule has 0 aliphatic rings. The van der Waals surface area contributed by atoms with Crippen LogP contribution in [-0.2, 0) is 0 Å². The third kappa shape index (κ3) is 2.23. The zero-order valence-corrected chi connectivity index (χ0v) is 7.80. The van der Waals surface area contributed by atoms with Crippen molar-refractivity contribution < 1.29 is 9.32 Å². The molecule has 0 saturated heterocycles. The molecule has 1 heterocycles. The first-order valence-electron chi connectivity index (χ1n) is 3.41. The predicted octanol–water partition coefficient (Wildman–Crippen LogP) is 1.19. The van der Waals surface area contributed by atoms with E-state index in [1.807, 2.05) is 6.92 Å². The van der Waals surface area contributed by atoms with Crippen LogP contribution in [0.3, 0.4) is 0 Å². The molecule has 1 aromatic rings. The average Bonchev–Trinajstić information content (AvgIpc) is 2.53. The van der Waals surface area contributed by atoms with Gasteiger partial charge in [0.15, 0.2) is 5.69 Å². The van der Waals surface area contributed by atoms with E-state index >= 15 is 0 Å². The molecule has 0 atom stereocenters. The summed E-state index contributed by atoms with van der Waals surface area (Å²) in [6.07, 6.45) is 1.39. The minimum atomic E-state index is -0.110. The molecule has 0 fully saturated rings. The van der Waals surface area contributed by atoms with E-state index in [0.717, 1.165) is 0 Å². The van der Waals surface area contributed by atoms with Crippen LogP contribution in [0.2, 0.25) is 0 Å². The van der Waals surface area contributed by atoms with E-state index in [2.05, 4.69) is 9.68 Å². The van der Waals surface area contributed by atoms with Gasteiger partial charge in [0.25, 0.3) is 5.91 Å². The first-order chi connectivity index (χ1) is 5.25. The fourth-order valence-electron chi connectivity index (χ4n) is 0.662. The number of rotatable bonds is 2. The van der Waals surface area contributed by atoms with Crippen molar-refractivity contribution in [3.05, 3.63) is 18.0 Å². The van der Waals surface area contributed by atoms with Gasteiger partial charge in [-0.2, -0.15) is 0 Å². The molecule has 0 radical (unpaired) electrons. The predicted molar refractivity (Wildman–Crippen MR) is 46.4 cm³/mol. The van der Waals surface area contributed by atoms with Crippen LogP contribution in [-0.4, -0.2) is 29.6 Å². The number of hydrogen-bond donors (Lipinski definition) is 0. The van der Waals surface area contributed by atoms with E-state index in [4.69, 9.17) is 0 Å². The molecule has 0 N–H and O–H groups in total. The summed E-state index contributed by atoms with van der Waals surface area (Å²) in [5.41, 5.74) is 0.356. The summed E-state index contributed by atoms with van der Waals surface area (Å²) >= 11 is 0. The summed E-state index contributed by atoms with van der Waals surface area (Å²) in [5, 5.41) is 3.52. The van der Waals surface area contributed by atoms with Crippen molar-refractivity contribution >= 4 is 18.3 Å². The molecule has 68 valence electrons. The minimum Gasteiger partial charge on any atom is -0.364 e. The van der Waals surface area contributed by atoms with Crippen molar-refractivity contribution in [2.24, 2.45) is 0 Å². The van der Waals surface area contributed by atoms with Gasteiger partial charge in [0.2, 0.25) is 0 Å². The number of aromatic nitrogens is 1. The van der Waals surface area contributed by atoms with Crippen LogP contribution >= 0.6 is 12.4 Å². The Bertz CT molecular complexity index is 236. The quantitative estimate of drug-likeness (QED) is 0.704. The Labute approximate surface area is 76.9 Å². The average molecular weight is 191 g/mol. The Morgan fingerprint density at radius 1 is 1.75 bits per heavy atom. The lowest BCUT2D eigenvalue weighted by atomic mass is 10.4. The molecule has 12 heavy (non-hydrogen) atoms. The van der Waals surface area contributed by atoms with Crippen LogP contribution in [0.25, 0.3) is 0 Å². The van der Waals surface area contributed by atoms with Gasteiger partial charge in [0.1, 0.15) is 6.26 Å². The van der Waals surface area contributed by atoms with Crippen LogP contribution < -0.4 is 0 Å². The second-order valence-electron chi connectivity index (χ2n) is 2.20. The third-order valence-corrected chi connectivity index (χ3v) is 1.48. The van der Waals surface area contributed by atoms with Crippen LogP contribution in [0.1, 0.15) is 17.4 Å². The van der Waals surface area contributed by atoms with E-state index in [0.29, 0.717) is 12.2 Å². The van der Waals surface area contributed by atoms with E-state index in [1.165, 1.54) is 6.26 Å². The molecular weight excluding hydrogens is 180 g/mol. The van der Waals surface area contributed by atoms with Gasteiger partial charge in [-0.05, 0) is 6.92 Å². The molecule has 1 rings (SSSR count). The van der Waals surface area contributed by atoms with Gasteiger partial charge in [-0.25, -0.2) is 0 Å². The normalized spacial score (nSPS) is 8.83. The number of hydrogen-bond acceptors (Lipinski definition) is 3. The van der Waals surface area contributed by atoms with Crippen molar-refractivity contribution in [1.82, 2.24) is 10.1 Å². The summed E-state index contributed by atoms with van der Waals surface area (Å²) < 4.78 is 4.53. The largest absolute Gasteiger partial charge is 0.364 e. The molecule has 0 bridgehead atoms. The molecular formula is C7H11ClN2O2. The monoisotopic (exact) mass is 190 g/mol. The maximum absolute atomic E-state index is 11.2. The van der Waals surface area contributed by atoms with Crippen LogP contribution in [0.15, 0.2) is 16.9 Å². The van der Waals surface area contributed by atoms with Crippen molar-refractivity contribution in [2.45, 2.75) is 6.92 Å². The molecule has 0 aliphatic carbocycles. The Balaban J connectivity index is 0.00000121. The molecule has 0 unspecified atom stereocenters. The molecule has 4 nitrogen and oxygen atoms in total. The van der Waals surface area contributed by atoms with Crippen molar-refractivity contribution in [1.29, 1.82) is 0 Å². The zero-order chi connectivity index (χ0) is 8.27. The number of amides is 1. The molecule has 0 spiro atoms. The third-order valence-electron chi connectivity index (χ3n) is 1.48. The van der Waals surface area contributed by atoms with Gasteiger partial charge in [-0.1, -0.05) is 5.16 Å². The SMILES string of the molecule is CCN(C)C(=O)c1ccon1.Cl. The fourth-order valence-corrected chi connectivity index (χ4v) is 0.662. The van der Waals surface area contributed by atoms with Crippen LogP contribution in [0.4, 0.5) is 0 Å². The summed E-state index contributed by atoms with van der Waals surface area (Å²) in [5.74, 6) is -0.110. The number of carbonyl (C=O) groups excluding carboxylic acids is 1. The Hall–Kier alpha value is -1.03. The van der Waals surface area contributed by atoms with Gasteiger partial charge >= 0.3 is 0 Å². The smallest absolute Gasteiger partial charge is 0.275 e. The zero-order valence-electron chi connectivity index (χ0n) is 6.98. The molecule has 1 amide bonds. The number of carbonyl (C=O) groups is 1. The standard InChI is InChI=1S/C7H10N2O2.ClH/c1-3-9(2)7(10)6-4-5-11-8-6;/h4-5H,3H2,1-2H3;1H. The number of halogens is 1. The highest BCUT2D eigenvalue weighted by Gasteiger charge is 2.11. The van der Waals surface area contributed by atoms with Crippen LogP contribution in [0, 0.1) is 0 Å². The lowest BCUT2D eigenvalue weighted by molar-refractivity contribution is 0.0792. The van der Waals surface area contributed by atoms with E-state index in [9.17, 15) is 4.79 Å². The fraction of sp³-hybridized carbons (Fsp3) is 0.429. The van der Waals surface area contributed by atoms with Crippen molar-refractivity contribution in [2.75, 3.05) is 13.6 Å². The Kier molecular flexibility index (Phi) is 4.36. The van der Waals surface area contributed by atoms with Gasteiger partial charge in [0, 0.05) is 19.7 Å². The first-order valence-corrected chi connectivity index (χ1v) is 3.41.